The Balaban J connectivity index is 2.32. The third-order valence-electron chi connectivity index (χ3n) is 2.51. The molecule has 1 aliphatic rings. The van der Waals surface area contributed by atoms with Crippen molar-refractivity contribution in [2.45, 2.75) is 39.7 Å². The fourth-order valence-corrected chi connectivity index (χ4v) is 1.59. The lowest BCUT2D eigenvalue weighted by Gasteiger charge is -2.20. The van der Waals surface area contributed by atoms with Crippen molar-refractivity contribution in [2.24, 2.45) is 5.92 Å². The zero-order valence-corrected chi connectivity index (χ0v) is 9.37. The summed E-state index contributed by atoms with van der Waals surface area (Å²) in [5.41, 5.74) is 1.22. The van der Waals surface area contributed by atoms with Crippen molar-refractivity contribution in [3.05, 3.63) is 11.8 Å². The predicted octanol–water partition coefficient (Wildman–Crippen LogP) is 2.21. The number of nitrogens with zero attached hydrogens (tertiary/aromatic N) is 2. The monoisotopic (exact) mass is 194 g/mol. The third kappa shape index (κ3) is 1.63. The van der Waals surface area contributed by atoms with Crippen LogP contribution in [0.1, 0.15) is 33.4 Å². The number of aromatic nitrogens is 2. The summed E-state index contributed by atoms with van der Waals surface area (Å²) in [5.74, 6) is 1.49. The first-order valence-corrected chi connectivity index (χ1v) is 5.18. The molecular formula is C11H18N2O. The molecule has 3 heteroatoms. The molecular weight excluding hydrogens is 176 g/mol. The molecule has 1 atom stereocenters. The summed E-state index contributed by atoms with van der Waals surface area (Å²) < 4.78 is 7.59. The van der Waals surface area contributed by atoms with Crippen LogP contribution in [0.4, 0.5) is 0 Å². The Kier molecular flexibility index (Phi) is 2.05. The standard InChI is InChI=1S/C11H18N2O/c1-8-6-13-10(14-7-8)5-9(12-13)11(2,3)4/h5,8H,6-7H2,1-4H3. The molecule has 2 rings (SSSR count). The molecule has 0 fully saturated rings. The van der Waals surface area contributed by atoms with Gasteiger partial charge in [-0.25, -0.2) is 4.68 Å². The SMILES string of the molecule is CC1COc2cc(C(C)(C)C)nn2C1. The van der Waals surface area contributed by atoms with Gasteiger partial charge in [0.25, 0.3) is 0 Å². The van der Waals surface area contributed by atoms with E-state index < -0.39 is 0 Å². The van der Waals surface area contributed by atoms with Gasteiger partial charge < -0.3 is 4.74 Å². The average molecular weight is 194 g/mol. The summed E-state index contributed by atoms with van der Waals surface area (Å²) in [6.07, 6.45) is 0. The first-order chi connectivity index (χ1) is 6.47. The number of fused-ring (bicyclic) bond motifs is 1. The maximum atomic E-state index is 5.61. The molecule has 0 N–H and O–H groups in total. The quantitative estimate of drug-likeness (QED) is 0.633. The first-order valence-electron chi connectivity index (χ1n) is 5.18. The summed E-state index contributed by atoms with van der Waals surface area (Å²) in [5, 5.41) is 4.56. The lowest BCUT2D eigenvalue weighted by Crippen LogP contribution is -2.23. The van der Waals surface area contributed by atoms with Gasteiger partial charge in [0, 0.05) is 17.4 Å². The van der Waals surface area contributed by atoms with Gasteiger partial charge in [0.15, 0.2) is 0 Å². The van der Waals surface area contributed by atoms with Gasteiger partial charge in [-0.05, 0) is 0 Å². The lowest BCUT2D eigenvalue weighted by molar-refractivity contribution is 0.175. The molecule has 1 aromatic rings. The first kappa shape index (κ1) is 9.56. The predicted molar refractivity (Wildman–Crippen MR) is 55.6 cm³/mol. The second-order valence-electron chi connectivity index (χ2n) is 5.22. The molecule has 0 aromatic carbocycles. The van der Waals surface area contributed by atoms with Crippen LogP contribution >= 0.6 is 0 Å². The maximum absolute atomic E-state index is 5.61. The smallest absolute Gasteiger partial charge is 0.212 e. The van der Waals surface area contributed by atoms with Gasteiger partial charge in [-0.1, -0.05) is 27.7 Å². The molecule has 78 valence electrons. The maximum Gasteiger partial charge on any atom is 0.212 e. The molecule has 0 amide bonds. The van der Waals surface area contributed by atoms with E-state index in [1.54, 1.807) is 0 Å². The van der Waals surface area contributed by atoms with Gasteiger partial charge in [0.2, 0.25) is 5.88 Å². The fraction of sp³-hybridized carbons (Fsp3) is 0.727. The van der Waals surface area contributed by atoms with Gasteiger partial charge in [0.1, 0.15) is 0 Å². The van der Waals surface area contributed by atoms with Crippen molar-refractivity contribution in [1.82, 2.24) is 9.78 Å². The highest BCUT2D eigenvalue weighted by molar-refractivity contribution is 5.22. The van der Waals surface area contributed by atoms with Crippen molar-refractivity contribution in [2.75, 3.05) is 6.61 Å². The molecule has 0 aliphatic carbocycles. The molecule has 1 aromatic heterocycles. The zero-order chi connectivity index (χ0) is 10.3. The van der Waals surface area contributed by atoms with Crippen LogP contribution in [0.3, 0.4) is 0 Å². The number of hydrogen-bond donors (Lipinski definition) is 0. The van der Waals surface area contributed by atoms with Gasteiger partial charge in [0.05, 0.1) is 18.8 Å². The number of ether oxygens (including phenoxy) is 1. The Morgan fingerprint density at radius 2 is 2.21 bits per heavy atom. The van der Waals surface area contributed by atoms with Crippen LogP contribution in [0.2, 0.25) is 0 Å². The van der Waals surface area contributed by atoms with Gasteiger partial charge in [-0.2, -0.15) is 5.10 Å². The normalized spacial score (nSPS) is 21.6. The van der Waals surface area contributed by atoms with Crippen LogP contribution in [-0.4, -0.2) is 16.4 Å². The summed E-state index contributed by atoms with van der Waals surface area (Å²) in [4.78, 5) is 0. The molecule has 0 saturated heterocycles. The second kappa shape index (κ2) is 3.01. The van der Waals surface area contributed by atoms with Gasteiger partial charge in [-0.15, -0.1) is 0 Å². The van der Waals surface area contributed by atoms with E-state index in [2.05, 4.69) is 38.9 Å². The average Bonchev–Trinajstić information content (AvgIpc) is 2.45. The van der Waals surface area contributed by atoms with E-state index in [4.69, 9.17) is 4.74 Å². The molecule has 0 saturated carbocycles. The topological polar surface area (TPSA) is 27.1 Å². The summed E-state index contributed by atoms with van der Waals surface area (Å²) in [6, 6.07) is 2.06. The molecule has 1 unspecified atom stereocenters. The largest absolute Gasteiger partial charge is 0.477 e. The molecule has 0 radical (unpaired) electrons. The van der Waals surface area contributed by atoms with E-state index in [-0.39, 0.29) is 5.41 Å². The van der Waals surface area contributed by atoms with Crippen LogP contribution in [0, 0.1) is 5.92 Å². The molecule has 14 heavy (non-hydrogen) atoms. The van der Waals surface area contributed by atoms with E-state index in [0.717, 1.165) is 24.7 Å². The third-order valence-corrected chi connectivity index (χ3v) is 2.51. The van der Waals surface area contributed by atoms with E-state index in [9.17, 15) is 0 Å². The molecule has 2 heterocycles. The van der Waals surface area contributed by atoms with Crippen LogP contribution in [-0.2, 0) is 12.0 Å². The second-order valence-corrected chi connectivity index (χ2v) is 5.22. The van der Waals surface area contributed by atoms with Crippen LogP contribution < -0.4 is 4.74 Å². The Morgan fingerprint density at radius 3 is 2.86 bits per heavy atom. The van der Waals surface area contributed by atoms with E-state index in [1.165, 1.54) is 0 Å². The van der Waals surface area contributed by atoms with Crippen molar-refractivity contribution in [3.63, 3.8) is 0 Å². The van der Waals surface area contributed by atoms with Crippen LogP contribution in [0.15, 0.2) is 6.07 Å². The van der Waals surface area contributed by atoms with Crippen LogP contribution in [0.25, 0.3) is 0 Å². The number of hydrogen-bond acceptors (Lipinski definition) is 2. The Bertz CT molecular complexity index is 336. The highest BCUT2D eigenvalue weighted by Crippen LogP contribution is 2.27. The minimum Gasteiger partial charge on any atom is -0.477 e. The van der Waals surface area contributed by atoms with Gasteiger partial charge >= 0.3 is 0 Å². The van der Waals surface area contributed by atoms with E-state index >= 15 is 0 Å². The minimum atomic E-state index is 0.108. The van der Waals surface area contributed by atoms with Crippen molar-refractivity contribution < 1.29 is 4.74 Å². The zero-order valence-electron chi connectivity index (χ0n) is 9.37. The summed E-state index contributed by atoms with van der Waals surface area (Å²) in [7, 11) is 0. The van der Waals surface area contributed by atoms with E-state index in [0.29, 0.717) is 5.92 Å². The van der Waals surface area contributed by atoms with Crippen molar-refractivity contribution in [1.29, 1.82) is 0 Å². The molecule has 1 aliphatic heterocycles. The van der Waals surface area contributed by atoms with Crippen molar-refractivity contribution >= 4 is 0 Å². The van der Waals surface area contributed by atoms with E-state index in [1.807, 2.05) is 4.68 Å². The minimum absolute atomic E-state index is 0.108. The molecule has 3 nitrogen and oxygen atoms in total. The Hall–Kier alpha value is -0.990. The summed E-state index contributed by atoms with van der Waals surface area (Å²) >= 11 is 0. The Labute approximate surface area is 85.1 Å². The fourth-order valence-electron chi connectivity index (χ4n) is 1.59. The lowest BCUT2D eigenvalue weighted by atomic mass is 9.93. The molecule has 0 spiro atoms. The van der Waals surface area contributed by atoms with Gasteiger partial charge in [-0.3, -0.25) is 0 Å². The molecule has 0 bridgehead atoms. The number of rotatable bonds is 0. The highest BCUT2D eigenvalue weighted by atomic mass is 16.5. The summed E-state index contributed by atoms with van der Waals surface area (Å²) in [6.45, 7) is 10.5. The van der Waals surface area contributed by atoms with Crippen molar-refractivity contribution in [3.8, 4) is 5.88 Å². The highest BCUT2D eigenvalue weighted by Gasteiger charge is 2.23. The Morgan fingerprint density at radius 1 is 1.50 bits per heavy atom. The van der Waals surface area contributed by atoms with Crippen LogP contribution in [0.5, 0.6) is 5.88 Å².